The van der Waals surface area contributed by atoms with Gasteiger partial charge in [-0.1, -0.05) is 12.1 Å². The van der Waals surface area contributed by atoms with Crippen molar-refractivity contribution in [2.45, 2.75) is 25.6 Å². The number of amides is 1. The molecule has 1 fully saturated rings. The van der Waals surface area contributed by atoms with Crippen LogP contribution in [-0.2, 0) is 15.2 Å². The molecule has 3 aromatic rings. The van der Waals surface area contributed by atoms with Gasteiger partial charge in [0.2, 0.25) is 6.41 Å². The maximum absolute atomic E-state index is 13.4. The highest BCUT2D eigenvalue weighted by Gasteiger charge is 2.27. The van der Waals surface area contributed by atoms with Crippen molar-refractivity contribution in [2.24, 2.45) is 5.73 Å². The number of halogens is 1. The van der Waals surface area contributed by atoms with Gasteiger partial charge in [0.05, 0.1) is 25.8 Å². The molecule has 0 radical (unpaired) electrons. The van der Waals surface area contributed by atoms with Gasteiger partial charge in [-0.2, -0.15) is 0 Å². The van der Waals surface area contributed by atoms with E-state index in [4.69, 9.17) is 15.2 Å². The molecule has 0 spiro atoms. The second-order valence-corrected chi connectivity index (χ2v) is 8.02. The van der Waals surface area contributed by atoms with Crippen molar-refractivity contribution in [2.75, 3.05) is 32.1 Å². The topological polar surface area (TPSA) is 103 Å². The van der Waals surface area contributed by atoms with Crippen LogP contribution in [0.5, 0.6) is 5.75 Å². The lowest BCUT2D eigenvalue weighted by molar-refractivity contribution is -0.125. The first kappa shape index (κ1) is 21.9. The van der Waals surface area contributed by atoms with Gasteiger partial charge in [-0.05, 0) is 43.7 Å². The Hall–Kier alpha value is -3.30. The monoisotopic (exact) mass is 439 g/mol. The third kappa shape index (κ3) is 4.35. The second-order valence-electron chi connectivity index (χ2n) is 8.02. The molecule has 0 bridgehead atoms. The molecule has 2 heterocycles. The van der Waals surface area contributed by atoms with Crippen molar-refractivity contribution in [3.63, 3.8) is 0 Å². The van der Waals surface area contributed by atoms with Gasteiger partial charge in [0.25, 0.3) is 0 Å². The molecular formula is C23H26FN5O3. The number of rotatable bonds is 6. The van der Waals surface area contributed by atoms with E-state index in [1.165, 1.54) is 12.1 Å². The van der Waals surface area contributed by atoms with Crippen LogP contribution in [0.25, 0.3) is 10.9 Å². The number of aryl methyl sites for hydroxylation is 1. The van der Waals surface area contributed by atoms with Crippen LogP contribution >= 0.6 is 0 Å². The smallest absolute Gasteiger partial charge is 0.209 e. The summed E-state index contributed by atoms with van der Waals surface area (Å²) in [4.78, 5) is 22.1. The molecule has 168 valence electrons. The van der Waals surface area contributed by atoms with Crippen LogP contribution in [0, 0.1) is 12.7 Å². The third-order valence-electron chi connectivity index (χ3n) is 5.57. The lowest BCUT2D eigenvalue weighted by Gasteiger charge is -2.31. The van der Waals surface area contributed by atoms with Gasteiger partial charge < -0.3 is 25.4 Å². The number of anilines is 1. The Morgan fingerprint density at radius 2 is 2.06 bits per heavy atom. The number of nitrogens with two attached hydrogens (primary N) is 1. The molecule has 1 saturated heterocycles. The number of hydrogen-bond donors (Lipinski definition) is 2. The fourth-order valence-electron chi connectivity index (χ4n) is 3.88. The van der Waals surface area contributed by atoms with Crippen molar-refractivity contribution in [3.05, 3.63) is 59.2 Å². The minimum absolute atomic E-state index is 0.320. The summed E-state index contributed by atoms with van der Waals surface area (Å²) in [5, 5.41) is 3.99. The molecule has 1 aliphatic rings. The number of nitrogens with one attached hydrogen (secondary N) is 1. The van der Waals surface area contributed by atoms with Crippen LogP contribution < -0.4 is 15.8 Å². The highest BCUT2D eigenvalue weighted by Crippen LogP contribution is 2.36. The molecule has 4 rings (SSSR count). The van der Waals surface area contributed by atoms with E-state index in [0.29, 0.717) is 48.2 Å². The molecule has 8 nitrogen and oxygen atoms in total. The van der Waals surface area contributed by atoms with Crippen molar-refractivity contribution < 1.29 is 18.7 Å². The number of nitrogens with zero attached hydrogens (tertiary/aromatic N) is 3. The van der Waals surface area contributed by atoms with Crippen LogP contribution in [-0.4, -0.2) is 48.1 Å². The fraction of sp³-hybridized carbons (Fsp3) is 0.348. The van der Waals surface area contributed by atoms with Gasteiger partial charge in [0.15, 0.2) is 0 Å². The number of aromatic nitrogens is 2. The standard InChI is InChI=1S/C23H26FN5O3/c1-14-26-19-10-18(21-12-29(13-30)8-9-32-21)20(31-3)11-17(19)22(27-14)28-23(2,25)15-4-6-16(24)7-5-15/h4-7,10-11,13,21H,8-9,12,25H2,1-3H3,(H,26,27,28). The molecule has 9 heteroatoms. The van der Waals surface area contributed by atoms with E-state index in [9.17, 15) is 9.18 Å². The van der Waals surface area contributed by atoms with Crippen LogP contribution in [0.4, 0.5) is 10.2 Å². The predicted octanol–water partition coefficient (Wildman–Crippen LogP) is 2.86. The molecule has 0 aliphatic carbocycles. The number of morpholine rings is 1. The largest absolute Gasteiger partial charge is 0.496 e. The summed E-state index contributed by atoms with van der Waals surface area (Å²) in [5.74, 6) is 1.37. The average Bonchev–Trinajstić information content (AvgIpc) is 2.78. The number of hydrogen-bond acceptors (Lipinski definition) is 7. The zero-order valence-electron chi connectivity index (χ0n) is 18.3. The van der Waals surface area contributed by atoms with E-state index in [2.05, 4.69) is 15.3 Å². The van der Waals surface area contributed by atoms with E-state index in [-0.39, 0.29) is 11.9 Å². The van der Waals surface area contributed by atoms with Crippen LogP contribution in [0.15, 0.2) is 36.4 Å². The summed E-state index contributed by atoms with van der Waals surface area (Å²) < 4.78 is 24.9. The van der Waals surface area contributed by atoms with E-state index < -0.39 is 5.66 Å². The van der Waals surface area contributed by atoms with Crippen molar-refractivity contribution in [1.82, 2.24) is 14.9 Å². The summed E-state index contributed by atoms with van der Waals surface area (Å²) in [7, 11) is 1.58. The Morgan fingerprint density at radius 3 is 2.75 bits per heavy atom. The summed E-state index contributed by atoms with van der Waals surface area (Å²) >= 11 is 0. The molecule has 2 aromatic carbocycles. The van der Waals surface area contributed by atoms with E-state index >= 15 is 0 Å². The Bertz CT molecular complexity index is 1140. The van der Waals surface area contributed by atoms with Gasteiger partial charge in [0.1, 0.15) is 35.0 Å². The highest BCUT2D eigenvalue weighted by atomic mass is 19.1. The number of fused-ring (bicyclic) bond motifs is 1. The molecule has 2 atom stereocenters. The van der Waals surface area contributed by atoms with Gasteiger partial charge in [-0.25, -0.2) is 14.4 Å². The Morgan fingerprint density at radius 1 is 1.31 bits per heavy atom. The Labute approximate surface area is 185 Å². The number of carbonyl (C=O) groups is 1. The highest BCUT2D eigenvalue weighted by molar-refractivity contribution is 5.91. The minimum atomic E-state index is -1.01. The zero-order valence-corrected chi connectivity index (χ0v) is 18.3. The van der Waals surface area contributed by atoms with Crippen molar-refractivity contribution >= 4 is 23.1 Å². The number of carbonyl (C=O) groups excluding carboxylic acids is 1. The SMILES string of the molecule is COc1cc2c(NC(C)(N)c3ccc(F)cc3)nc(C)nc2cc1C1CN(C=O)CCO1. The number of methoxy groups -OCH3 is 1. The maximum Gasteiger partial charge on any atom is 0.209 e. The van der Waals surface area contributed by atoms with Crippen LogP contribution in [0.3, 0.4) is 0 Å². The third-order valence-corrected chi connectivity index (χ3v) is 5.57. The van der Waals surface area contributed by atoms with Crippen LogP contribution in [0.1, 0.15) is 30.0 Å². The number of benzene rings is 2. The van der Waals surface area contributed by atoms with Gasteiger partial charge in [-0.3, -0.25) is 4.79 Å². The van der Waals surface area contributed by atoms with E-state index in [1.54, 1.807) is 38.0 Å². The summed E-state index contributed by atoms with van der Waals surface area (Å²) in [6.45, 7) is 5.03. The van der Waals surface area contributed by atoms with E-state index in [1.807, 2.05) is 12.1 Å². The van der Waals surface area contributed by atoms with Crippen molar-refractivity contribution in [3.8, 4) is 5.75 Å². The fourth-order valence-corrected chi connectivity index (χ4v) is 3.88. The van der Waals surface area contributed by atoms with Gasteiger partial charge in [0, 0.05) is 17.5 Å². The predicted molar refractivity (Wildman–Crippen MR) is 119 cm³/mol. The molecule has 32 heavy (non-hydrogen) atoms. The zero-order chi connectivity index (χ0) is 22.9. The summed E-state index contributed by atoms with van der Waals surface area (Å²) in [6.07, 6.45) is 0.508. The second kappa shape index (κ2) is 8.68. The normalized spacial score (nSPS) is 18.3. The Balaban J connectivity index is 1.76. The lowest BCUT2D eigenvalue weighted by Crippen LogP contribution is -2.41. The first-order chi connectivity index (χ1) is 15.3. The molecule has 0 saturated carbocycles. The lowest BCUT2D eigenvalue weighted by atomic mass is 10.0. The van der Waals surface area contributed by atoms with E-state index in [0.717, 1.165) is 17.4 Å². The molecule has 1 aromatic heterocycles. The minimum Gasteiger partial charge on any atom is -0.496 e. The van der Waals surface area contributed by atoms with Crippen LogP contribution in [0.2, 0.25) is 0 Å². The quantitative estimate of drug-likeness (QED) is 0.450. The molecule has 2 unspecified atom stereocenters. The first-order valence-electron chi connectivity index (χ1n) is 10.3. The number of ether oxygens (including phenoxy) is 2. The molecule has 3 N–H and O–H groups in total. The van der Waals surface area contributed by atoms with Gasteiger partial charge in [-0.15, -0.1) is 0 Å². The molecule has 1 amide bonds. The first-order valence-corrected chi connectivity index (χ1v) is 10.3. The summed E-state index contributed by atoms with van der Waals surface area (Å²) in [6, 6.07) is 9.75. The Kier molecular flexibility index (Phi) is 5.94. The summed E-state index contributed by atoms with van der Waals surface area (Å²) in [5.41, 5.74) is 7.72. The van der Waals surface area contributed by atoms with Gasteiger partial charge >= 0.3 is 0 Å². The molecule has 1 aliphatic heterocycles. The average molecular weight is 439 g/mol. The van der Waals surface area contributed by atoms with Crippen molar-refractivity contribution in [1.29, 1.82) is 0 Å². The molecular weight excluding hydrogens is 413 g/mol. The maximum atomic E-state index is 13.4.